The molecule has 0 unspecified atom stereocenters. The van der Waals surface area contributed by atoms with Gasteiger partial charge in [0.1, 0.15) is 6.54 Å². The van der Waals surface area contributed by atoms with Crippen molar-refractivity contribution in [1.82, 2.24) is 19.6 Å². The van der Waals surface area contributed by atoms with Crippen LogP contribution >= 0.6 is 0 Å². The molecule has 0 aromatic carbocycles. The van der Waals surface area contributed by atoms with Crippen LogP contribution in [-0.4, -0.2) is 70.4 Å². The Balaban J connectivity index is 1.97. The molecule has 1 saturated heterocycles. The molecule has 106 valence electrons. The number of aryl methyl sites for hydroxylation is 1. The van der Waals surface area contributed by atoms with Gasteiger partial charge in [-0.2, -0.15) is 5.10 Å². The van der Waals surface area contributed by atoms with Gasteiger partial charge in [0.25, 0.3) is 0 Å². The Kier molecular flexibility index (Phi) is 4.21. The lowest BCUT2D eigenvalue weighted by atomic mass is 10.0. The van der Waals surface area contributed by atoms with E-state index in [1.807, 2.05) is 32.1 Å². The number of carbonyl (C=O) groups excluding carboxylic acids is 1. The molecule has 6 nitrogen and oxygen atoms in total. The topological polar surface area (TPSA) is 61.6 Å². The first kappa shape index (κ1) is 14.0. The lowest BCUT2D eigenvalue weighted by Gasteiger charge is -2.23. The van der Waals surface area contributed by atoms with Crippen molar-refractivity contribution in [2.24, 2.45) is 5.92 Å². The number of hydrogen-bond donors (Lipinski definition) is 1. The Morgan fingerprint density at radius 2 is 2.26 bits per heavy atom. The van der Waals surface area contributed by atoms with Crippen LogP contribution in [0.25, 0.3) is 0 Å². The summed E-state index contributed by atoms with van der Waals surface area (Å²) in [6, 6.07) is 0.230. The fraction of sp³-hybridized carbons (Fsp3) is 0.692. The zero-order chi connectivity index (χ0) is 14.0. The van der Waals surface area contributed by atoms with E-state index in [0.29, 0.717) is 13.1 Å². The SMILES string of the molecule is Cc1cnn(CC(=O)N2C[C@@H](CO)[C@H](N(C)C)C2)c1. The average Bonchev–Trinajstić information content (AvgIpc) is 2.95. The van der Waals surface area contributed by atoms with Crippen LogP contribution in [0.1, 0.15) is 5.56 Å². The molecule has 2 atom stereocenters. The van der Waals surface area contributed by atoms with Gasteiger partial charge in [0.2, 0.25) is 5.91 Å². The minimum atomic E-state index is 0.0610. The van der Waals surface area contributed by atoms with Gasteiger partial charge in [0.15, 0.2) is 0 Å². The summed E-state index contributed by atoms with van der Waals surface area (Å²) < 4.78 is 1.66. The standard InChI is InChI=1S/C13H22N4O2/c1-10-4-14-17(5-10)8-13(19)16-6-11(9-18)12(7-16)15(2)3/h4-5,11-12,18H,6-9H2,1-3H3/t11-,12+/m0/s1. The molecule has 19 heavy (non-hydrogen) atoms. The van der Waals surface area contributed by atoms with Crippen LogP contribution in [0, 0.1) is 12.8 Å². The first-order valence-corrected chi connectivity index (χ1v) is 6.55. The Morgan fingerprint density at radius 3 is 2.74 bits per heavy atom. The summed E-state index contributed by atoms with van der Waals surface area (Å²) in [5.74, 6) is 0.198. The second kappa shape index (κ2) is 5.71. The number of carbonyl (C=O) groups is 1. The van der Waals surface area contributed by atoms with Gasteiger partial charge in [-0.05, 0) is 26.6 Å². The molecule has 1 aliphatic rings. The van der Waals surface area contributed by atoms with Crippen LogP contribution in [0.15, 0.2) is 12.4 Å². The van der Waals surface area contributed by atoms with Gasteiger partial charge in [-0.3, -0.25) is 9.48 Å². The van der Waals surface area contributed by atoms with Gasteiger partial charge in [-0.1, -0.05) is 0 Å². The van der Waals surface area contributed by atoms with Crippen LogP contribution in [0.3, 0.4) is 0 Å². The summed E-state index contributed by atoms with van der Waals surface area (Å²) in [7, 11) is 3.97. The zero-order valence-corrected chi connectivity index (χ0v) is 11.8. The van der Waals surface area contributed by atoms with Crippen LogP contribution in [-0.2, 0) is 11.3 Å². The number of likely N-dealkylation sites (tertiary alicyclic amines) is 1. The first-order valence-electron chi connectivity index (χ1n) is 6.55. The van der Waals surface area contributed by atoms with E-state index < -0.39 is 0 Å². The molecule has 1 aliphatic heterocycles. The maximum Gasteiger partial charge on any atom is 0.244 e. The maximum absolute atomic E-state index is 12.2. The maximum atomic E-state index is 12.2. The second-order valence-electron chi connectivity index (χ2n) is 5.49. The molecule has 0 spiro atoms. The molecule has 1 N–H and O–H groups in total. The van der Waals surface area contributed by atoms with E-state index in [2.05, 4.69) is 10.00 Å². The minimum Gasteiger partial charge on any atom is -0.396 e. The van der Waals surface area contributed by atoms with Crippen molar-refractivity contribution in [2.75, 3.05) is 33.8 Å². The van der Waals surface area contributed by atoms with Gasteiger partial charge >= 0.3 is 0 Å². The Bertz CT molecular complexity index is 444. The average molecular weight is 266 g/mol. The molecule has 0 aliphatic carbocycles. The zero-order valence-electron chi connectivity index (χ0n) is 11.8. The minimum absolute atomic E-state index is 0.0610. The van der Waals surface area contributed by atoms with Gasteiger partial charge in [-0.25, -0.2) is 0 Å². The third kappa shape index (κ3) is 3.13. The lowest BCUT2D eigenvalue weighted by molar-refractivity contribution is -0.131. The van der Waals surface area contributed by atoms with Gasteiger partial charge in [0.05, 0.1) is 6.20 Å². The van der Waals surface area contributed by atoms with Crippen LogP contribution < -0.4 is 0 Å². The van der Waals surface area contributed by atoms with Crippen LogP contribution in [0.2, 0.25) is 0 Å². The number of nitrogens with zero attached hydrogens (tertiary/aromatic N) is 4. The number of amides is 1. The van der Waals surface area contributed by atoms with Crippen molar-refractivity contribution >= 4 is 5.91 Å². The fourth-order valence-electron chi connectivity index (χ4n) is 2.61. The highest BCUT2D eigenvalue weighted by Crippen LogP contribution is 2.20. The number of likely N-dealkylation sites (N-methyl/N-ethyl adjacent to an activating group) is 1. The molecule has 2 rings (SSSR count). The van der Waals surface area contributed by atoms with E-state index >= 15 is 0 Å². The van der Waals surface area contributed by atoms with Gasteiger partial charge < -0.3 is 14.9 Å². The summed E-state index contributed by atoms with van der Waals surface area (Å²) in [6.45, 7) is 3.64. The number of aliphatic hydroxyl groups is 1. The number of hydrogen-bond acceptors (Lipinski definition) is 4. The van der Waals surface area contributed by atoms with Gasteiger partial charge in [0, 0.05) is 37.9 Å². The van der Waals surface area contributed by atoms with E-state index in [0.717, 1.165) is 5.56 Å². The smallest absolute Gasteiger partial charge is 0.244 e. The molecular weight excluding hydrogens is 244 g/mol. The third-order valence-electron chi connectivity index (χ3n) is 3.72. The monoisotopic (exact) mass is 266 g/mol. The fourth-order valence-corrected chi connectivity index (χ4v) is 2.61. The van der Waals surface area contributed by atoms with E-state index in [9.17, 15) is 9.90 Å². The molecule has 2 heterocycles. The predicted octanol–water partition coefficient (Wildman–Crippen LogP) is -0.428. The van der Waals surface area contributed by atoms with Crippen LogP contribution in [0.5, 0.6) is 0 Å². The van der Waals surface area contributed by atoms with Crippen molar-refractivity contribution in [2.45, 2.75) is 19.5 Å². The highest BCUT2D eigenvalue weighted by atomic mass is 16.3. The molecule has 0 saturated carbocycles. The number of aliphatic hydroxyl groups excluding tert-OH is 1. The molecule has 1 aromatic heterocycles. The third-order valence-corrected chi connectivity index (χ3v) is 3.72. The molecule has 6 heteroatoms. The van der Waals surface area contributed by atoms with Crippen molar-refractivity contribution in [1.29, 1.82) is 0 Å². The normalized spacial score (nSPS) is 23.3. The van der Waals surface area contributed by atoms with E-state index in [1.165, 1.54) is 0 Å². The second-order valence-corrected chi connectivity index (χ2v) is 5.49. The van der Waals surface area contributed by atoms with E-state index in [-0.39, 0.29) is 31.0 Å². The predicted molar refractivity (Wildman–Crippen MR) is 71.6 cm³/mol. The molecule has 1 aromatic rings. The van der Waals surface area contributed by atoms with Crippen molar-refractivity contribution in [3.63, 3.8) is 0 Å². The summed E-state index contributed by atoms with van der Waals surface area (Å²) in [4.78, 5) is 16.1. The van der Waals surface area contributed by atoms with Crippen molar-refractivity contribution < 1.29 is 9.90 Å². The summed E-state index contributed by atoms with van der Waals surface area (Å²) >= 11 is 0. The highest BCUT2D eigenvalue weighted by Gasteiger charge is 2.35. The van der Waals surface area contributed by atoms with Gasteiger partial charge in [-0.15, -0.1) is 0 Å². The Morgan fingerprint density at radius 1 is 1.53 bits per heavy atom. The van der Waals surface area contributed by atoms with Crippen LogP contribution in [0.4, 0.5) is 0 Å². The lowest BCUT2D eigenvalue weighted by Crippen LogP contribution is -2.37. The van der Waals surface area contributed by atoms with Crippen molar-refractivity contribution in [3.8, 4) is 0 Å². The Labute approximate surface area is 113 Å². The number of rotatable bonds is 4. The molecule has 1 amide bonds. The highest BCUT2D eigenvalue weighted by molar-refractivity contribution is 5.76. The quantitative estimate of drug-likeness (QED) is 0.803. The molecule has 1 fully saturated rings. The summed E-state index contributed by atoms with van der Waals surface area (Å²) in [5, 5.41) is 13.5. The van der Waals surface area contributed by atoms with Crippen molar-refractivity contribution in [3.05, 3.63) is 18.0 Å². The summed E-state index contributed by atoms with van der Waals surface area (Å²) in [5.41, 5.74) is 1.05. The largest absolute Gasteiger partial charge is 0.396 e. The van der Waals surface area contributed by atoms with E-state index in [1.54, 1.807) is 10.9 Å². The molecule has 0 radical (unpaired) electrons. The van der Waals surface area contributed by atoms with E-state index in [4.69, 9.17) is 0 Å². The molecule has 0 bridgehead atoms. The first-order chi connectivity index (χ1) is 9.01. The number of aromatic nitrogens is 2. The summed E-state index contributed by atoms with van der Waals surface area (Å²) in [6.07, 6.45) is 3.61. The Hall–Kier alpha value is -1.40. The molecular formula is C13H22N4O2.